The van der Waals surface area contributed by atoms with Gasteiger partial charge in [-0.25, -0.2) is 0 Å². The van der Waals surface area contributed by atoms with E-state index in [4.69, 9.17) is 10.5 Å². The molecule has 2 atom stereocenters. The van der Waals surface area contributed by atoms with Crippen molar-refractivity contribution in [2.24, 2.45) is 11.1 Å². The molecular formula is C16H26N2O. The number of hydrogen-bond acceptors (Lipinski definition) is 3. The molecule has 1 aliphatic rings. The summed E-state index contributed by atoms with van der Waals surface area (Å²) in [6, 6.07) is 10.8. The summed E-state index contributed by atoms with van der Waals surface area (Å²) in [5, 5.41) is 0. The van der Waals surface area contributed by atoms with Crippen LogP contribution in [0.3, 0.4) is 0 Å². The number of benzene rings is 1. The van der Waals surface area contributed by atoms with Crippen LogP contribution in [-0.2, 0) is 4.74 Å². The first-order valence-corrected chi connectivity index (χ1v) is 7.29. The van der Waals surface area contributed by atoms with Crippen molar-refractivity contribution in [3.63, 3.8) is 0 Å². The zero-order chi connectivity index (χ0) is 13.7. The molecular weight excluding hydrogens is 236 g/mol. The highest BCUT2D eigenvalue weighted by atomic mass is 16.5. The molecule has 1 fully saturated rings. The van der Waals surface area contributed by atoms with E-state index in [2.05, 4.69) is 49.1 Å². The van der Waals surface area contributed by atoms with Crippen LogP contribution >= 0.6 is 0 Å². The Morgan fingerprint density at radius 1 is 1.37 bits per heavy atom. The van der Waals surface area contributed by atoms with E-state index in [0.717, 1.165) is 19.7 Å². The number of rotatable bonds is 6. The van der Waals surface area contributed by atoms with E-state index < -0.39 is 0 Å². The maximum atomic E-state index is 6.22. The first-order chi connectivity index (χ1) is 9.15. The molecule has 0 aliphatic carbocycles. The van der Waals surface area contributed by atoms with Gasteiger partial charge < -0.3 is 15.4 Å². The minimum atomic E-state index is 0.0591. The fourth-order valence-corrected chi connectivity index (χ4v) is 2.61. The van der Waals surface area contributed by atoms with E-state index in [0.29, 0.717) is 6.61 Å². The van der Waals surface area contributed by atoms with Gasteiger partial charge in [0.25, 0.3) is 0 Å². The Kier molecular flexibility index (Phi) is 4.83. The highest BCUT2D eigenvalue weighted by Gasteiger charge is 2.39. The van der Waals surface area contributed by atoms with Crippen LogP contribution in [0, 0.1) is 5.41 Å². The third-order valence-electron chi connectivity index (χ3n) is 4.08. The molecule has 1 heterocycles. The largest absolute Gasteiger partial charge is 0.379 e. The molecule has 0 aromatic heterocycles. The van der Waals surface area contributed by atoms with Crippen LogP contribution in [0.15, 0.2) is 30.3 Å². The van der Waals surface area contributed by atoms with Crippen molar-refractivity contribution in [2.45, 2.75) is 32.7 Å². The van der Waals surface area contributed by atoms with Crippen LogP contribution in [0.5, 0.6) is 0 Å². The Balaban J connectivity index is 2.10. The average molecular weight is 262 g/mol. The predicted molar refractivity (Wildman–Crippen MR) is 80.5 cm³/mol. The Labute approximate surface area is 116 Å². The molecule has 0 amide bonds. The molecule has 3 nitrogen and oxygen atoms in total. The van der Waals surface area contributed by atoms with Gasteiger partial charge in [-0.2, -0.15) is 0 Å². The number of unbranched alkanes of at least 4 members (excludes halogenated alkanes) is 1. The zero-order valence-electron chi connectivity index (χ0n) is 12.1. The smallest absolute Gasteiger partial charge is 0.0624 e. The normalized spacial score (nSPS) is 26.6. The van der Waals surface area contributed by atoms with E-state index >= 15 is 0 Å². The number of hydrogen-bond donors (Lipinski definition) is 1. The maximum Gasteiger partial charge on any atom is 0.0624 e. The van der Waals surface area contributed by atoms with Crippen molar-refractivity contribution < 1.29 is 4.74 Å². The molecule has 0 radical (unpaired) electrons. The first kappa shape index (κ1) is 14.4. The maximum absolute atomic E-state index is 6.22. The van der Waals surface area contributed by atoms with Crippen molar-refractivity contribution >= 4 is 5.69 Å². The van der Waals surface area contributed by atoms with Gasteiger partial charge in [-0.1, -0.05) is 38.5 Å². The highest BCUT2D eigenvalue weighted by molar-refractivity contribution is 5.46. The third kappa shape index (κ3) is 3.48. The fourth-order valence-electron chi connectivity index (χ4n) is 2.61. The van der Waals surface area contributed by atoms with Gasteiger partial charge in [0.1, 0.15) is 0 Å². The summed E-state index contributed by atoms with van der Waals surface area (Å²) < 4.78 is 5.56. The minimum absolute atomic E-state index is 0.0591. The standard InChI is InChI=1S/C16H26N2O/c1-3-4-10-18(14-8-6-5-7-9-14)12-16(2)13-19-11-15(16)17/h5-9,15H,3-4,10-13,17H2,1-2H3. The number of nitrogens with two attached hydrogens (primary N) is 1. The minimum Gasteiger partial charge on any atom is -0.379 e. The van der Waals surface area contributed by atoms with Gasteiger partial charge in [0, 0.05) is 30.2 Å². The lowest BCUT2D eigenvalue weighted by molar-refractivity contribution is 0.161. The van der Waals surface area contributed by atoms with Gasteiger partial charge in [-0.05, 0) is 18.6 Å². The van der Waals surface area contributed by atoms with Gasteiger partial charge in [-0.3, -0.25) is 0 Å². The van der Waals surface area contributed by atoms with Gasteiger partial charge >= 0.3 is 0 Å². The summed E-state index contributed by atoms with van der Waals surface area (Å²) in [4.78, 5) is 2.46. The van der Waals surface area contributed by atoms with Gasteiger partial charge in [0.05, 0.1) is 13.2 Å². The van der Waals surface area contributed by atoms with Gasteiger partial charge in [0.15, 0.2) is 0 Å². The van der Waals surface area contributed by atoms with Gasteiger partial charge in [0.2, 0.25) is 0 Å². The summed E-state index contributed by atoms with van der Waals surface area (Å²) in [5.41, 5.74) is 7.56. The van der Waals surface area contributed by atoms with Crippen LogP contribution in [0.2, 0.25) is 0 Å². The number of ether oxygens (including phenoxy) is 1. The van der Waals surface area contributed by atoms with Crippen molar-refractivity contribution in [2.75, 3.05) is 31.2 Å². The Morgan fingerprint density at radius 2 is 2.11 bits per heavy atom. The highest BCUT2D eigenvalue weighted by Crippen LogP contribution is 2.30. The second-order valence-electron chi connectivity index (χ2n) is 5.89. The molecule has 3 heteroatoms. The van der Waals surface area contributed by atoms with Crippen molar-refractivity contribution in [3.8, 4) is 0 Å². The summed E-state index contributed by atoms with van der Waals surface area (Å²) >= 11 is 0. The molecule has 2 N–H and O–H groups in total. The molecule has 19 heavy (non-hydrogen) atoms. The second kappa shape index (κ2) is 6.40. The topological polar surface area (TPSA) is 38.5 Å². The lowest BCUT2D eigenvalue weighted by Gasteiger charge is -2.35. The zero-order valence-corrected chi connectivity index (χ0v) is 12.1. The molecule has 0 saturated carbocycles. The van der Waals surface area contributed by atoms with E-state index in [-0.39, 0.29) is 11.5 Å². The average Bonchev–Trinajstić information content (AvgIpc) is 2.76. The fraction of sp³-hybridized carbons (Fsp3) is 0.625. The summed E-state index contributed by atoms with van der Waals surface area (Å²) in [7, 11) is 0. The molecule has 1 saturated heterocycles. The molecule has 106 valence electrons. The van der Waals surface area contributed by atoms with Crippen LogP contribution in [0.4, 0.5) is 5.69 Å². The SMILES string of the molecule is CCCCN(CC1(C)COCC1N)c1ccccc1. The summed E-state index contributed by atoms with van der Waals surface area (Å²) in [6.07, 6.45) is 2.42. The summed E-state index contributed by atoms with van der Waals surface area (Å²) in [6.45, 7) is 7.99. The molecule has 1 aromatic carbocycles. The molecule has 0 bridgehead atoms. The van der Waals surface area contributed by atoms with Gasteiger partial charge in [-0.15, -0.1) is 0 Å². The van der Waals surface area contributed by atoms with E-state index in [1.807, 2.05) is 0 Å². The lowest BCUT2D eigenvalue weighted by Crippen LogP contribution is -2.47. The Morgan fingerprint density at radius 3 is 2.68 bits per heavy atom. The third-order valence-corrected chi connectivity index (χ3v) is 4.08. The molecule has 1 aromatic rings. The van der Waals surface area contributed by atoms with Crippen LogP contribution in [0.25, 0.3) is 0 Å². The molecule has 2 rings (SSSR count). The van der Waals surface area contributed by atoms with E-state index in [9.17, 15) is 0 Å². The number of para-hydroxylation sites is 1. The summed E-state index contributed by atoms with van der Waals surface area (Å²) in [5.74, 6) is 0. The van der Waals surface area contributed by atoms with E-state index in [1.165, 1.54) is 18.5 Å². The monoisotopic (exact) mass is 262 g/mol. The number of anilines is 1. The van der Waals surface area contributed by atoms with Crippen molar-refractivity contribution in [3.05, 3.63) is 30.3 Å². The van der Waals surface area contributed by atoms with Crippen LogP contribution in [0.1, 0.15) is 26.7 Å². The second-order valence-corrected chi connectivity index (χ2v) is 5.89. The Hall–Kier alpha value is -1.06. The van der Waals surface area contributed by atoms with Crippen LogP contribution < -0.4 is 10.6 Å². The molecule has 0 spiro atoms. The van der Waals surface area contributed by atoms with Crippen molar-refractivity contribution in [1.82, 2.24) is 0 Å². The lowest BCUT2D eigenvalue weighted by atomic mass is 9.85. The van der Waals surface area contributed by atoms with Crippen molar-refractivity contribution in [1.29, 1.82) is 0 Å². The first-order valence-electron chi connectivity index (χ1n) is 7.29. The van der Waals surface area contributed by atoms with Crippen LogP contribution in [-0.4, -0.2) is 32.3 Å². The van der Waals surface area contributed by atoms with E-state index in [1.54, 1.807) is 0 Å². The predicted octanol–water partition coefficient (Wildman–Crippen LogP) is 2.66. The number of nitrogens with zero attached hydrogens (tertiary/aromatic N) is 1. The Bertz CT molecular complexity index is 382. The molecule has 1 aliphatic heterocycles. The molecule has 2 unspecified atom stereocenters. The quantitative estimate of drug-likeness (QED) is 0.856.